The molecule has 0 spiro atoms. The van der Waals surface area contributed by atoms with Gasteiger partial charge in [-0.25, -0.2) is 0 Å². The second-order valence-electron chi connectivity index (χ2n) is 1.93. The topological polar surface area (TPSA) is 26.3 Å². The smallest absolute Gasteiger partial charge is 0.303 e. The molecule has 0 aromatic rings. The molecular weight excluding hydrogens is 196 g/mol. The lowest BCUT2D eigenvalue weighted by Crippen LogP contribution is -2.11. The van der Waals surface area contributed by atoms with E-state index in [9.17, 15) is 4.79 Å². The molecule has 0 radical (unpaired) electrons. The first-order valence-electron chi connectivity index (χ1n) is 3.06. The zero-order valence-corrected chi connectivity index (χ0v) is 7.94. The van der Waals surface area contributed by atoms with E-state index in [-0.39, 0.29) is 12.1 Å². The highest BCUT2D eigenvalue weighted by Crippen LogP contribution is 2.13. The molecule has 0 aliphatic heterocycles. The Bertz CT molecular complexity index is 152. The molecule has 0 aliphatic rings. The quantitative estimate of drug-likeness (QED) is 0.649. The standard InChI is InChI=1S/C7H11BrO2/c1-4-7(8)5(2)10-6(3)9/h4-5H,1-3H3/b7-4-. The molecule has 0 saturated heterocycles. The van der Waals surface area contributed by atoms with Gasteiger partial charge in [-0.3, -0.25) is 4.79 Å². The van der Waals surface area contributed by atoms with Crippen LogP contribution < -0.4 is 0 Å². The van der Waals surface area contributed by atoms with Crippen LogP contribution in [0.5, 0.6) is 0 Å². The predicted octanol–water partition coefficient (Wildman–Crippen LogP) is 2.24. The van der Waals surface area contributed by atoms with Gasteiger partial charge < -0.3 is 4.74 Å². The highest BCUT2D eigenvalue weighted by Gasteiger charge is 2.06. The zero-order chi connectivity index (χ0) is 8.15. The van der Waals surface area contributed by atoms with Crippen LogP contribution in [0.2, 0.25) is 0 Å². The van der Waals surface area contributed by atoms with Crippen LogP contribution in [-0.4, -0.2) is 12.1 Å². The summed E-state index contributed by atoms with van der Waals surface area (Å²) in [6.45, 7) is 5.09. The summed E-state index contributed by atoms with van der Waals surface area (Å²) >= 11 is 3.25. The van der Waals surface area contributed by atoms with E-state index in [0.29, 0.717) is 0 Å². The van der Waals surface area contributed by atoms with E-state index in [0.717, 1.165) is 4.48 Å². The van der Waals surface area contributed by atoms with Gasteiger partial charge in [-0.2, -0.15) is 0 Å². The van der Waals surface area contributed by atoms with Gasteiger partial charge in [0.2, 0.25) is 0 Å². The molecule has 0 rings (SSSR count). The first kappa shape index (κ1) is 9.69. The molecule has 58 valence electrons. The molecule has 0 aliphatic carbocycles. The van der Waals surface area contributed by atoms with Crippen LogP contribution in [0.25, 0.3) is 0 Å². The molecule has 0 N–H and O–H groups in total. The first-order chi connectivity index (χ1) is 4.57. The first-order valence-corrected chi connectivity index (χ1v) is 3.86. The van der Waals surface area contributed by atoms with Gasteiger partial charge in [-0.1, -0.05) is 22.0 Å². The van der Waals surface area contributed by atoms with E-state index < -0.39 is 0 Å². The van der Waals surface area contributed by atoms with Crippen LogP contribution in [0, 0.1) is 0 Å². The summed E-state index contributed by atoms with van der Waals surface area (Å²) in [5, 5.41) is 0. The Labute approximate surface area is 69.4 Å². The maximum atomic E-state index is 10.4. The van der Waals surface area contributed by atoms with Gasteiger partial charge in [-0.05, 0) is 13.8 Å². The minimum atomic E-state index is -0.258. The molecule has 1 atom stereocenters. The Hall–Kier alpha value is -0.310. The number of allylic oxidation sites excluding steroid dienone is 1. The Kier molecular flexibility index (Phi) is 4.36. The third-order valence-electron chi connectivity index (χ3n) is 1.01. The normalized spacial score (nSPS) is 14.6. The average Bonchev–Trinajstić information content (AvgIpc) is 1.85. The van der Waals surface area contributed by atoms with Crippen LogP contribution >= 0.6 is 15.9 Å². The van der Waals surface area contributed by atoms with Crippen molar-refractivity contribution >= 4 is 21.9 Å². The van der Waals surface area contributed by atoms with Gasteiger partial charge in [-0.15, -0.1) is 0 Å². The monoisotopic (exact) mass is 206 g/mol. The molecule has 10 heavy (non-hydrogen) atoms. The summed E-state index contributed by atoms with van der Waals surface area (Å²) in [6, 6.07) is 0. The highest BCUT2D eigenvalue weighted by molar-refractivity contribution is 9.11. The van der Waals surface area contributed by atoms with Crippen molar-refractivity contribution in [1.29, 1.82) is 0 Å². The number of hydrogen-bond acceptors (Lipinski definition) is 2. The number of halogens is 1. The van der Waals surface area contributed by atoms with E-state index in [1.165, 1.54) is 6.92 Å². The summed E-state index contributed by atoms with van der Waals surface area (Å²) < 4.78 is 5.74. The molecular formula is C7H11BrO2. The number of esters is 1. The van der Waals surface area contributed by atoms with Crippen molar-refractivity contribution in [3.8, 4) is 0 Å². The van der Waals surface area contributed by atoms with Crippen molar-refractivity contribution in [3.05, 3.63) is 10.6 Å². The van der Waals surface area contributed by atoms with Gasteiger partial charge >= 0.3 is 5.97 Å². The predicted molar refractivity (Wildman–Crippen MR) is 43.9 cm³/mol. The van der Waals surface area contributed by atoms with E-state index >= 15 is 0 Å². The fraction of sp³-hybridized carbons (Fsp3) is 0.571. The lowest BCUT2D eigenvalue weighted by molar-refractivity contribution is -0.143. The van der Waals surface area contributed by atoms with Gasteiger partial charge in [0.25, 0.3) is 0 Å². The van der Waals surface area contributed by atoms with Crippen LogP contribution in [0.1, 0.15) is 20.8 Å². The molecule has 2 nitrogen and oxygen atoms in total. The Morgan fingerprint density at radius 3 is 2.50 bits per heavy atom. The molecule has 0 heterocycles. The number of carbonyl (C=O) groups is 1. The van der Waals surface area contributed by atoms with Crippen LogP contribution in [0.15, 0.2) is 10.6 Å². The van der Waals surface area contributed by atoms with Gasteiger partial charge in [0.15, 0.2) is 0 Å². The van der Waals surface area contributed by atoms with Crippen molar-refractivity contribution in [1.82, 2.24) is 0 Å². The molecule has 0 aromatic carbocycles. The van der Waals surface area contributed by atoms with Gasteiger partial charge in [0, 0.05) is 11.4 Å². The van der Waals surface area contributed by atoms with Crippen LogP contribution in [-0.2, 0) is 9.53 Å². The Morgan fingerprint density at radius 1 is 1.70 bits per heavy atom. The number of hydrogen-bond donors (Lipinski definition) is 0. The van der Waals surface area contributed by atoms with E-state index in [2.05, 4.69) is 15.9 Å². The largest absolute Gasteiger partial charge is 0.457 e. The lowest BCUT2D eigenvalue weighted by Gasteiger charge is -2.09. The molecule has 0 aromatic heterocycles. The average molecular weight is 207 g/mol. The van der Waals surface area contributed by atoms with Gasteiger partial charge in [0.05, 0.1) is 0 Å². The summed E-state index contributed by atoms with van der Waals surface area (Å²) in [7, 11) is 0. The number of ether oxygens (including phenoxy) is 1. The van der Waals surface area contributed by atoms with Crippen molar-refractivity contribution in [2.45, 2.75) is 26.9 Å². The molecule has 3 heteroatoms. The van der Waals surface area contributed by atoms with E-state index in [1.54, 1.807) is 0 Å². The van der Waals surface area contributed by atoms with Crippen molar-refractivity contribution in [2.75, 3.05) is 0 Å². The summed E-state index contributed by atoms with van der Waals surface area (Å²) in [5.74, 6) is -0.258. The molecule has 0 saturated carbocycles. The second-order valence-corrected chi connectivity index (χ2v) is 2.84. The second kappa shape index (κ2) is 4.50. The SMILES string of the molecule is C/C=C(\Br)C(C)OC(C)=O. The Morgan fingerprint density at radius 2 is 2.20 bits per heavy atom. The minimum Gasteiger partial charge on any atom is -0.457 e. The summed E-state index contributed by atoms with van der Waals surface area (Å²) in [6.07, 6.45) is 1.69. The summed E-state index contributed by atoms with van der Waals surface area (Å²) in [4.78, 5) is 10.4. The maximum Gasteiger partial charge on any atom is 0.303 e. The zero-order valence-electron chi connectivity index (χ0n) is 6.35. The fourth-order valence-corrected chi connectivity index (χ4v) is 0.633. The minimum absolute atomic E-state index is 0.164. The lowest BCUT2D eigenvalue weighted by atomic mass is 10.3. The van der Waals surface area contributed by atoms with Crippen molar-refractivity contribution < 1.29 is 9.53 Å². The van der Waals surface area contributed by atoms with Crippen LogP contribution in [0.4, 0.5) is 0 Å². The van der Waals surface area contributed by atoms with Crippen LogP contribution in [0.3, 0.4) is 0 Å². The molecule has 0 amide bonds. The van der Waals surface area contributed by atoms with Crippen molar-refractivity contribution in [3.63, 3.8) is 0 Å². The third kappa shape index (κ3) is 3.67. The van der Waals surface area contributed by atoms with Crippen molar-refractivity contribution in [2.24, 2.45) is 0 Å². The van der Waals surface area contributed by atoms with E-state index in [4.69, 9.17) is 4.74 Å². The Balaban J connectivity index is 3.85. The fourth-order valence-electron chi connectivity index (χ4n) is 0.540. The third-order valence-corrected chi connectivity index (χ3v) is 2.11. The highest BCUT2D eigenvalue weighted by atomic mass is 79.9. The number of carbonyl (C=O) groups excluding carboxylic acids is 1. The van der Waals surface area contributed by atoms with Gasteiger partial charge in [0.1, 0.15) is 6.10 Å². The molecule has 0 fully saturated rings. The van der Waals surface area contributed by atoms with E-state index in [1.807, 2.05) is 19.9 Å². The molecule has 1 unspecified atom stereocenters. The molecule has 0 bridgehead atoms. The summed E-state index contributed by atoms with van der Waals surface area (Å²) in [5.41, 5.74) is 0. The number of rotatable bonds is 2. The maximum absolute atomic E-state index is 10.4.